The Kier molecular flexibility index (Phi) is 5.13. The summed E-state index contributed by atoms with van der Waals surface area (Å²) in [5.41, 5.74) is 2.16. The van der Waals surface area contributed by atoms with E-state index in [1.165, 1.54) is 6.07 Å². The van der Waals surface area contributed by atoms with E-state index in [1.54, 1.807) is 6.07 Å². The fourth-order valence-corrected chi connectivity index (χ4v) is 3.01. The summed E-state index contributed by atoms with van der Waals surface area (Å²) in [6, 6.07) is 5.55. The van der Waals surface area contributed by atoms with Gasteiger partial charge in [0.05, 0.1) is 18.8 Å². The van der Waals surface area contributed by atoms with Gasteiger partial charge in [-0.2, -0.15) is 0 Å². The highest BCUT2D eigenvalue weighted by atomic mass is 19.1. The molecule has 0 aliphatic carbocycles. The van der Waals surface area contributed by atoms with Gasteiger partial charge in [-0.05, 0) is 51.1 Å². The van der Waals surface area contributed by atoms with E-state index in [0.717, 1.165) is 30.8 Å². The van der Waals surface area contributed by atoms with Gasteiger partial charge in [0, 0.05) is 19.1 Å². The highest BCUT2D eigenvalue weighted by molar-refractivity contribution is 5.31. The molecule has 2 unspecified atom stereocenters. The van der Waals surface area contributed by atoms with Crippen LogP contribution in [0.5, 0.6) is 0 Å². The third-order valence-corrected chi connectivity index (χ3v) is 4.02. The molecule has 112 valence electrons. The second-order valence-electron chi connectivity index (χ2n) is 5.74. The number of rotatable bonds is 4. The number of benzene rings is 1. The van der Waals surface area contributed by atoms with Crippen LogP contribution in [0, 0.1) is 12.7 Å². The second kappa shape index (κ2) is 6.66. The lowest BCUT2D eigenvalue weighted by atomic mass is 9.93. The Morgan fingerprint density at radius 3 is 2.85 bits per heavy atom. The number of aryl methyl sites for hydroxylation is 1. The summed E-state index contributed by atoms with van der Waals surface area (Å²) >= 11 is 0. The Balaban J connectivity index is 2.40. The topological polar surface area (TPSA) is 24.5 Å². The highest BCUT2D eigenvalue weighted by Gasteiger charge is 2.35. The minimum atomic E-state index is -0.178. The molecule has 4 heteroatoms. The molecule has 1 aliphatic rings. The molecule has 0 radical (unpaired) electrons. The first-order valence-electron chi connectivity index (χ1n) is 7.32. The molecule has 2 rings (SSSR count). The summed E-state index contributed by atoms with van der Waals surface area (Å²) in [4.78, 5) is 2.41. The maximum Gasteiger partial charge on any atom is 0.123 e. The number of likely N-dealkylation sites (N-methyl/N-ethyl adjacent to an activating group) is 1. The molecule has 1 aromatic carbocycles. The van der Waals surface area contributed by atoms with E-state index >= 15 is 0 Å². The summed E-state index contributed by atoms with van der Waals surface area (Å²) in [6.07, 6.45) is 0.0525. The van der Waals surface area contributed by atoms with Crippen LogP contribution in [0.3, 0.4) is 0 Å². The molecule has 1 aromatic rings. The molecule has 0 bridgehead atoms. The van der Waals surface area contributed by atoms with Gasteiger partial charge in [0.1, 0.15) is 5.82 Å². The Hall–Kier alpha value is -0.970. The normalized spacial score (nSPS) is 24.3. The van der Waals surface area contributed by atoms with Crippen LogP contribution >= 0.6 is 0 Å². The van der Waals surface area contributed by atoms with E-state index in [-0.39, 0.29) is 18.0 Å². The third-order valence-electron chi connectivity index (χ3n) is 4.02. The van der Waals surface area contributed by atoms with Crippen molar-refractivity contribution in [2.24, 2.45) is 0 Å². The van der Waals surface area contributed by atoms with Gasteiger partial charge in [0.15, 0.2) is 0 Å². The van der Waals surface area contributed by atoms with Crippen LogP contribution in [-0.4, -0.2) is 43.8 Å². The minimum Gasteiger partial charge on any atom is -0.374 e. The van der Waals surface area contributed by atoms with Crippen LogP contribution < -0.4 is 5.32 Å². The lowest BCUT2D eigenvalue weighted by Gasteiger charge is -2.44. The molecule has 1 N–H and O–H groups in total. The number of morpholine rings is 1. The summed E-state index contributed by atoms with van der Waals surface area (Å²) in [6.45, 7) is 8.79. The average molecular weight is 280 g/mol. The monoisotopic (exact) mass is 280 g/mol. The predicted molar refractivity (Wildman–Crippen MR) is 79.4 cm³/mol. The predicted octanol–water partition coefficient (Wildman–Crippen LogP) is 2.50. The maximum absolute atomic E-state index is 13.7. The largest absolute Gasteiger partial charge is 0.374 e. The van der Waals surface area contributed by atoms with Crippen molar-refractivity contribution in [3.8, 4) is 0 Å². The number of nitrogens with zero attached hydrogens (tertiary/aromatic N) is 1. The molecular weight excluding hydrogens is 255 g/mol. The van der Waals surface area contributed by atoms with Gasteiger partial charge in [-0.1, -0.05) is 6.07 Å². The van der Waals surface area contributed by atoms with E-state index in [9.17, 15) is 4.39 Å². The molecule has 0 aromatic heterocycles. The molecule has 0 saturated carbocycles. The first-order chi connectivity index (χ1) is 9.54. The van der Waals surface area contributed by atoms with Crippen LogP contribution in [0.1, 0.15) is 31.0 Å². The Labute approximate surface area is 121 Å². The van der Waals surface area contributed by atoms with Crippen molar-refractivity contribution < 1.29 is 9.13 Å². The molecule has 3 nitrogen and oxygen atoms in total. The van der Waals surface area contributed by atoms with Crippen molar-refractivity contribution in [3.63, 3.8) is 0 Å². The van der Waals surface area contributed by atoms with Gasteiger partial charge >= 0.3 is 0 Å². The molecule has 1 heterocycles. The number of hydrogen-bond acceptors (Lipinski definition) is 3. The first kappa shape index (κ1) is 15.4. The van der Waals surface area contributed by atoms with Crippen molar-refractivity contribution in [1.29, 1.82) is 0 Å². The standard InChI is InChI=1S/C16H25FN2O/c1-11(2)19-7-8-20-15(10-18-4)16(19)14-9-13(17)6-5-12(14)3/h5-6,9,11,15-16,18H,7-8,10H2,1-4H3. The lowest BCUT2D eigenvalue weighted by Crippen LogP contribution is -2.51. The first-order valence-corrected chi connectivity index (χ1v) is 7.32. The Morgan fingerprint density at radius 1 is 1.45 bits per heavy atom. The third kappa shape index (κ3) is 3.19. The minimum absolute atomic E-state index is 0.0525. The van der Waals surface area contributed by atoms with E-state index in [2.05, 4.69) is 24.1 Å². The molecule has 0 amide bonds. The van der Waals surface area contributed by atoms with Crippen molar-refractivity contribution in [1.82, 2.24) is 10.2 Å². The van der Waals surface area contributed by atoms with Crippen molar-refractivity contribution in [2.75, 3.05) is 26.7 Å². The molecule has 20 heavy (non-hydrogen) atoms. The van der Waals surface area contributed by atoms with E-state index in [1.807, 2.05) is 20.0 Å². The number of halogens is 1. The zero-order valence-electron chi connectivity index (χ0n) is 12.8. The fourth-order valence-electron chi connectivity index (χ4n) is 3.01. The van der Waals surface area contributed by atoms with E-state index in [4.69, 9.17) is 4.74 Å². The zero-order chi connectivity index (χ0) is 14.7. The Morgan fingerprint density at radius 2 is 2.20 bits per heavy atom. The number of nitrogens with one attached hydrogen (secondary N) is 1. The Bertz CT molecular complexity index is 448. The van der Waals surface area contributed by atoms with Crippen molar-refractivity contribution in [3.05, 3.63) is 35.1 Å². The molecule has 2 atom stereocenters. The van der Waals surface area contributed by atoms with Crippen molar-refractivity contribution in [2.45, 2.75) is 39.0 Å². The maximum atomic E-state index is 13.7. The number of ether oxygens (including phenoxy) is 1. The molecule has 1 saturated heterocycles. The lowest BCUT2D eigenvalue weighted by molar-refractivity contribution is -0.0817. The summed E-state index contributed by atoms with van der Waals surface area (Å²) in [5, 5.41) is 3.19. The quantitative estimate of drug-likeness (QED) is 0.917. The number of hydrogen-bond donors (Lipinski definition) is 1. The second-order valence-corrected chi connectivity index (χ2v) is 5.74. The van der Waals surface area contributed by atoms with E-state index < -0.39 is 0 Å². The molecule has 1 fully saturated rings. The average Bonchev–Trinajstić information content (AvgIpc) is 2.42. The van der Waals surface area contributed by atoms with Crippen LogP contribution in [0.4, 0.5) is 4.39 Å². The summed E-state index contributed by atoms with van der Waals surface area (Å²) in [5.74, 6) is -0.178. The summed E-state index contributed by atoms with van der Waals surface area (Å²) < 4.78 is 19.6. The van der Waals surface area contributed by atoms with Crippen LogP contribution in [0.2, 0.25) is 0 Å². The van der Waals surface area contributed by atoms with Crippen LogP contribution in [-0.2, 0) is 4.74 Å². The van der Waals surface area contributed by atoms with Gasteiger partial charge in [-0.25, -0.2) is 4.39 Å². The summed E-state index contributed by atoms with van der Waals surface area (Å²) in [7, 11) is 1.92. The molecule has 1 aliphatic heterocycles. The van der Waals surface area contributed by atoms with Gasteiger partial charge in [-0.15, -0.1) is 0 Å². The van der Waals surface area contributed by atoms with E-state index in [0.29, 0.717) is 6.04 Å². The van der Waals surface area contributed by atoms with Crippen LogP contribution in [0.25, 0.3) is 0 Å². The van der Waals surface area contributed by atoms with Gasteiger partial charge in [0.25, 0.3) is 0 Å². The van der Waals surface area contributed by atoms with Crippen LogP contribution in [0.15, 0.2) is 18.2 Å². The fraction of sp³-hybridized carbons (Fsp3) is 0.625. The smallest absolute Gasteiger partial charge is 0.123 e. The highest BCUT2D eigenvalue weighted by Crippen LogP contribution is 2.33. The van der Waals surface area contributed by atoms with Gasteiger partial charge in [-0.3, -0.25) is 4.90 Å². The zero-order valence-corrected chi connectivity index (χ0v) is 12.8. The van der Waals surface area contributed by atoms with Gasteiger partial charge in [0.2, 0.25) is 0 Å². The molecule has 0 spiro atoms. The SMILES string of the molecule is CNCC1OCCN(C(C)C)C1c1cc(F)ccc1C. The van der Waals surface area contributed by atoms with Gasteiger partial charge < -0.3 is 10.1 Å². The van der Waals surface area contributed by atoms with Crippen molar-refractivity contribution >= 4 is 0 Å². The molecular formula is C16H25FN2O.